The van der Waals surface area contributed by atoms with Crippen LogP contribution in [-0.4, -0.2) is 29.1 Å². The molecule has 0 spiro atoms. The summed E-state index contributed by atoms with van der Waals surface area (Å²) in [7, 11) is 1.41. The fourth-order valence-corrected chi connectivity index (χ4v) is 3.48. The van der Waals surface area contributed by atoms with Gasteiger partial charge in [-0.05, 0) is 49.7 Å². The summed E-state index contributed by atoms with van der Waals surface area (Å²) in [6.45, 7) is 1.95. The minimum absolute atomic E-state index is 0.275. The lowest BCUT2D eigenvalue weighted by molar-refractivity contribution is -0.136. The number of allylic oxidation sites excluding steroid dienone is 1. The van der Waals surface area contributed by atoms with Gasteiger partial charge in [0, 0.05) is 16.2 Å². The number of ether oxygens (including phenoxy) is 1. The van der Waals surface area contributed by atoms with Crippen LogP contribution >= 0.6 is 28.1 Å². The number of nitrogens with one attached hydrogen (secondary N) is 1. The number of thiocarbonyl (C=S) groups is 1. The Hall–Kier alpha value is -1.40. The fraction of sp³-hybridized carbons (Fsp3) is 0.375. The molecule has 1 aliphatic heterocycles. The average molecular weight is 381 g/mol. The van der Waals surface area contributed by atoms with Crippen molar-refractivity contribution in [3.8, 4) is 0 Å². The maximum atomic E-state index is 12.3. The van der Waals surface area contributed by atoms with E-state index in [-0.39, 0.29) is 12.0 Å². The first-order valence-electron chi connectivity index (χ1n) is 7.17. The van der Waals surface area contributed by atoms with Crippen molar-refractivity contribution in [1.29, 1.82) is 0 Å². The summed E-state index contributed by atoms with van der Waals surface area (Å²) in [6.07, 6.45) is 2.22. The molecule has 4 nitrogen and oxygen atoms in total. The third kappa shape index (κ3) is 2.77. The van der Waals surface area contributed by atoms with Gasteiger partial charge in [0.15, 0.2) is 5.11 Å². The Kier molecular flexibility index (Phi) is 4.23. The zero-order chi connectivity index (χ0) is 15.9. The van der Waals surface area contributed by atoms with E-state index in [9.17, 15) is 4.79 Å². The second-order valence-electron chi connectivity index (χ2n) is 5.53. The molecule has 1 heterocycles. The average Bonchev–Trinajstić information content (AvgIpc) is 3.31. The first kappa shape index (κ1) is 15.5. The van der Waals surface area contributed by atoms with Crippen molar-refractivity contribution in [2.45, 2.75) is 31.8 Å². The molecule has 1 saturated carbocycles. The van der Waals surface area contributed by atoms with Crippen LogP contribution in [0.1, 0.15) is 31.4 Å². The Balaban J connectivity index is 2.06. The maximum Gasteiger partial charge on any atom is 0.337 e. The van der Waals surface area contributed by atoms with Crippen LogP contribution < -0.4 is 5.32 Å². The van der Waals surface area contributed by atoms with Gasteiger partial charge in [-0.25, -0.2) is 4.79 Å². The molecule has 0 radical (unpaired) electrons. The highest BCUT2D eigenvalue weighted by Crippen LogP contribution is 2.38. The van der Waals surface area contributed by atoms with Gasteiger partial charge in [-0.3, -0.25) is 0 Å². The van der Waals surface area contributed by atoms with Gasteiger partial charge in [0.25, 0.3) is 0 Å². The summed E-state index contributed by atoms with van der Waals surface area (Å²) >= 11 is 8.95. The number of hydrogen-bond acceptors (Lipinski definition) is 3. The second-order valence-corrected chi connectivity index (χ2v) is 6.83. The third-order valence-corrected chi connectivity index (χ3v) is 4.89. The van der Waals surface area contributed by atoms with Crippen molar-refractivity contribution in [2.24, 2.45) is 0 Å². The molecule has 2 aliphatic rings. The molecule has 1 aliphatic carbocycles. The molecule has 22 heavy (non-hydrogen) atoms. The molecule has 1 aromatic rings. The summed E-state index contributed by atoms with van der Waals surface area (Å²) < 4.78 is 6.00. The van der Waals surface area contributed by atoms with Crippen LogP contribution in [0, 0.1) is 0 Å². The molecule has 1 atom stereocenters. The van der Waals surface area contributed by atoms with Crippen LogP contribution in [0.3, 0.4) is 0 Å². The van der Waals surface area contributed by atoms with Gasteiger partial charge in [-0.15, -0.1) is 0 Å². The van der Waals surface area contributed by atoms with Gasteiger partial charge in [-0.2, -0.15) is 0 Å². The largest absolute Gasteiger partial charge is 0.466 e. The number of halogens is 1. The Morgan fingerprint density at radius 2 is 2.00 bits per heavy atom. The molecular weight excluding hydrogens is 364 g/mol. The van der Waals surface area contributed by atoms with E-state index in [1.807, 2.05) is 31.2 Å². The smallest absolute Gasteiger partial charge is 0.337 e. The minimum atomic E-state index is -0.314. The predicted molar refractivity (Wildman–Crippen MR) is 92.2 cm³/mol. The van der Waals surface area contributed by atoms with Crippen molar-refractivity contribution in [3.63, 3.8) is 0 Å². The van der Waals surface area contributed by atoms with Crippen LogP contribution in [0.25, 0.3) is 0 Å². The summed E-state index contributed by atoms with van der Waals surface area (Å²) in [5.74, 6) is -0.314. The molecule has 6 heteroatoms. The highest BCUT2D eigenvalue weighted by Gasteiger charge is 2.40. The second kappa shape index (κ2) is 6.01. The van der Waals surface area contributed by atoms with Gasteiger partial charge in [0.2, 0.25) is 0 Å². The number of hydrogen-bond donors (Lipinski definition) is 1. The van der Waals surface area contributed by atoms with E-state index < -0.39 is 0 Å². The summed E-state index contributed by atoms with van der Waals surface area (Å²) in [6, 6.07) is 8.00. The minimum Gasteiger partial charge on any atom is -0.466 e. The van der Waals surface area contributed by atoms with E-state index in [0.29, 0.717) is 16.7 Å². The van der Waals surface area contributed by atoms with Crippen LogP contribution in [0.15, 0.2) is 40.0 Å². The van der Waals surface area contributed by atoms with E-state index in [1.165, 1.54) is 7.11 Å². The van der Waals surface area contributed by atoms with Crippen molar-refractivity contribution >= 4 is 39.2 Å². The Labute approximate surface area is 143 Å². The summed E-state index contributed by atoms with van der Waals surface area (Å²) in [4.78, 5) is 14.4. The zero-order valence-corrected chi connectivity index (χ0v) is 14.8. The SMILES string of the molecule is COC(=O)C1=C(C)N(C2CC2)C(=S)N[C@@H]1c1ccc(Br)cc1. The van der Waals surface area contributed by atoms with Crippen molar-refractivity contribution in [2.75, 3.05) is 7.11 Å². The standard InChI is InChI=1S/C16H17BrN2O2S/c1-9-13(15(20)21-2)14(10-3-5-11(17)6-4-10)18-16(22)19(9)12-7-8-12/h3-6,12,14H,7-8H2,1-2H3,(H,18,22)/t14-/m1/s1. The van der Waals surface area contributed by atoms with E-state index in [0.717, 1.165) is 28.6 Å². The lowest BCUT2D eigenvalue weighted by Crippen LogP contribution is -2.48. The molecule has 1 fully saturated rings. The lowest BCUT2D eigenvalue weighted by Gasteiger charge is -2.37. The van der Waals surface area contributed by atoms with Gasteiger partial charge < -0.3 is 15.0 Å². The van der Waals surface area contributed by atoms with Crippen molar-refractivity contribution in [1.82, 2.24) is 10.2 Å². The van der Waals surface area contributed by atoms with E-state index in [1.54, 1.807) is 0 Å². The normalized spacial score (nSPS) is 21.7. The molecule has 3 rings (SSSR count). The zero-order valence-electron chi connectivity index (χ0n) is 12.4. The summed E-state index contributed by atoms with van der Waals surface area (Å²) in [5.41, 5.74) is 2.51. The lowest BCUT2D eigenvalue weighted by atomic mass is 9.95. The number of nitrogens with zero attached hydrogens (tertiary/aromatic N) is 1. The highest BCUT2D eigenvalue weighted by molar-refractivity contribution is 9.10. The van der Waals surface area contributed by atoms with Crippen LogP contribution in [0.4, 0.5) is 0 Å². The Morgan fingerprint density at radius 3 is 2.55 bits per heavy atom. The molecule has 0 saturated heterocycles. The molecule has 1 aromatic carbocycles. The van der Waals surface area contributed by atoms with Crippen LogP contribution in [0.5, 0.6) is 0 Å². The van der Waals surface area contributed by atoms with Gasteiger partial charge in [-0.1, -0.05) is 28.1 Å². The third-order valence-electron chi connectivity index (χ3n) is 4.05. The van der Waals surface area contributed by atoms with E-state index in [2.05, 4.69) is 26.1 Å². The number of benzene rings is 1. The van der Waals surface area contributed by atoms with Gasteiger partial charge in [0.05, 0.1) is 18.7 Å². The van der Waals surface area contributed by atoms with E-state index in [4.69, 9.17) is 17.0 Å². The van der Waals surface area contributed by atoms with Crippen LogP contribution in [-0.2, 0) is 9.53 Å². The molecule has 0 aromatic heterocycles. The number of rotatable bonds is 3. The molecule has 116 valence electrons. The topological polar surface area (TPSA) is 41.6 Å². The van der Waals surface area contributed by atoms with Gasteiger partial charge in [0.1, 0.15) is 0 Å². The number of carbonyl (C=O) groups excluding carboxylic acids is 1. The quantitative estimate of drug-likeness (QED) is 0.643. The molecular formula is C16H17BrN2O2S. The molecule has 0 bridgehead atoms. The summed E-state index contributed by atoms with van der Waals surface area (Å²) in [5, 5.41) is 3.98. The predicted octanol–water partition coefficient (Wildman–Crippen LogP) is 3.29. The Bertz CT molecular complexity index is 653. The first-order valence-corrected chi connectivity index (χ1v) is 8.37. The van der Waals surface area contributed by atoms with Crippen molar-refractivity contribution < 1.29 is 9.53 Å². The number of methoxy groups -OCH3 is 1. The monoisotopic (exact) mass is 380 g/mol. The van der Waals surface area contributed by atoms with Gasteiger partial charge >= 0.3 is 5.97 Å². The number of esters is 1. The first-order chi connectivity index (χ1) is 10.5. The van der Waals surface area contributed by atoms with Crippen LogP contribution in [0.2, 0.25) is 0 Å². The maximum absolute atomic E-state index is 12.3. The van der Waals surface area contributed by atoms with Crippen molar-refractivity contribution in [3.05, 3.63) is 45.6 Å². The Morgan fingerprint density at radius 1 is 1.36 bits per heavy atom. The molecule has 1 N–H and O–H groups in total. The highest BCUT2D eigenvalue weighted by atomic mass is 79.9. The molecule has 0 amide bonds. The fourth-order valence-electron chi connectivity index (χ4n) is 2.81. The molecule has 0 unspecified atom stereocenters. The number of carbonyl (C=O) groups is 1. The van der Waals surface area contributed by atoms with E-state index >= 15 is 0 Å².